The Labute approximate surface area is 173 Å². The minimum atomic E-state index is -0.967. The van der Waals surface area contributed by atoms with Crippen molar-refractivity contribution in [3.05, 3.63) is 64.2 Å². The maximum atomic E-state index is 10.7. The predicted molar refractivity (Wildman–Crippen MR) is 118 cm³/mol. The van der Waals surface area contributed by atoms with Crippen LogP contribution in [0.4, 0.5) is 0 Å². The molecular formula is C25H30O4. The van der Waals surface area contributed by atoms with Gasteiger partial charge in [-0.2, -0.15) is 0 Å². The van der Waals surface area contributed by atoms with Gasteiger partial charge in [-0.15, -0.1) is 0 Å². The summed E-state index contributed by atoms with van der Waals surface area (Å²) in [4.78, 5) is 0. The smallest absolute Gasteiger partial charge is 0.131 e. The first-order valence-electron chi connectivity index (χ1n) is 9.91. The van der Waals surface area contributed by atoms with Crippen LogP contribution in [-0.2, 0) is 12.8 Å². The third-order valence-electron chi connectivity index (χ3n) is 5.24. The SMILES string of the molecule is COc1ccc(/C=C\c2c(CC=C(C)C)c(O)cc3c2CC(C(C)(C)O)O3)cc1. The van der Waals surface area contributed by atoms with Crippen LogP contribution in [-0.4, -0.2) is 29.0 Å². The zero-order chi connectivity index (χ0) is 21.2. The van der Waals surface area contributed by atoms with Gasteiger partial charge in [-0.25, -0.2) is 0 Å². The predicted octanol–water partition coefficient (Wildman–Crippen LogP) is 5.15. The van der Waals surface area contributed by atoms with Gasteiger partial charge in [0.1, 0.15) is 23.4 Å². The van der Waals surface area contributed by atoms with Crippen LogP contribution in [0.15, 0.2) is 42.0 Å². The molecule has 0 spiro atoms. The van der Waals surface area contributed by atoms with Gasteiger partial charge in [-0.3, -0.25) is 0 Å². The summed E-state index contributed by atoms with van der Waals surface area (Å²) in [6.07, 6.45) is 7.06. The fraction of sp³-hybridized carbons (Fsp3) is 0.360. The molecule has 1 aliphatic rings. The lowest BCUT2D eigenvalue weighted by molar-refractivity contribution is -0.0230. The zero-order valence-corrected chi connectivity index (χ0v) is 17.8. The minimum absolute atomic E-state index is 0.215. The van der Waals surface area contributed by atoms with E-state index in [2.05, 4.69) is 6.08 Å². The van der Waals surface area contributed by atoms with Gasteiger partial charge in [0.25, 0.3) is 0 Å². The Hall–Kier alpha value is -2.72. The summed E-state index contributed by atoms with van der Waals surface area (Å²) in [7, 11) is 1.65. The highest BCUT2D eigenvalue weighted by molar-refractivity contribution is 5.76. The summed E-state index contributed by atoms with van der Waals surface area (Å²) in [6, 6.07) is 9.50. The van der Waals surface area contributed by atoms with E-state index in [0.717, 1.165) is 28.0 Å². The fourth-order valence-electron chi connectivity index (χ4n) is 3.46. The number of phenols is 1. The molecule has 1 aliphatic heterocycles. The van der Waals surface area contributed by atoms with E-state index >= 15 is 0 Å². The number of rotatable bonds is 6. The molecule has 4 heteroatoms. The van der Waals surface area contributed by atoms with Crippen LogP contribution in [0.3, 0.4) is 0 Å². The first kappa shape index (κ1) is 21.0. The molecule has 0 radical (unpaired) electrons. The van der Waals surface area contributed by atoms with E-state index in [-0.39, 0.29) is 11.9 Å². The molecule has 0 aliphatic carbocycles. The summed E-state index contributed by atoms with van der Waals surface area (Å²) in [5.74, 6) is 1.67. The third-order valence-corrected chi connectivity index (χ3v) is 5.24. The Kier molecular flexibility index (Phi) is 6.04. The molecule has 0 saturated heterocycles. The molecule has 154 valence electrons. The molecule has 2 N–H and O–H groups in total. The van der Waals surface area contributed by atoms with Gasteiger partial charge >= 0.3 is 0 Å². The molecule has 4 nitrogen and oxygen atoms in total. The van der Waals surface area contributed by atoms with Crippen molar-refractivity contribution in [1.82, 2.24) is 0 Å². The molecule has 0 amide bonds. The Balaban J connectivity index is 2.04. The zero-order valence-electron chi connectivity index (χ0n) is 17.8. The van der Waals surface area contributed by atoms with E-state index in [0.29, 0.717) is 18.6 Å². The first-order chi connectivity index (χ1) is 13.7. The maximum absolute atomic E-state index is 10.7. The van der Waals surface area contributed by atoms with E-state index in [1.165, 1.54) is 5.57 Å². The second-order valence-electron chi connectivity index (χ2n) is 8.32. The summed E-state index contributed by atoms with van der Waals surface area (Å²) < 4.78 is 11.2. The lowest BCUT2D eigenvalue weighted by Crippen LogP contribution is -2.39. The Morgan fingerprint density at radius 1 is 1.21 bits per heavy atom. The average Bonchev–Trinajstić information content (AvgIpc) is 3.09. The largest absolute Gasteiger partial charge is 0.507 e. The molecule has 1 heterocycles. The number of aromatic hydroxyl groups is 1. The lowest BCUT2D eigenvalue weighted by Gasteiger charge is -2.24. The number of hydrogen-bond donors (Lipinski definition) is 2. The quantitative estimate of drug-likeness (QED) is 0.525. The second-order valence-corrected chi connectivity index (χ2v) is 8.32. The van der Waals surface area contributed by atoms with Crippen molar-refractivity contribution < 1.29 is 19.7 Å². The molecule has 0 fully saturated rings. The highest BCUT2D eigenvalue weighted by Gasteiger charge is 2.36. The van der Waals surface area contributed by atoms with E-state index in [1.54, 1.807) is 27.0 Å². The maximum Gasteiger partial charge on any atom is 0.131 e. The summed E-state index contributed by atoms with van der Waals surface area (Å²) >= 11 is 0. The highest BCUT2D eigenvalue weighted by atomic mass is 16.5. The number of phenolic OH excluding ortho intramolecular Hbond substituents is 1. The van der Waals surface area contributed by atoms with Crippen molar-refractivity contribution in [2.24, 2.45) is 0 Å². The van der Waals surface area contributed by atoms with Gasteiger partial charge in [-0.1, -0.05) is 35.9 Å². The number of allylic oxidation sites excluding steroid dienone is 2. The van der Waals surface area contributed by atoms with Crippen molar-refractivity contribution in [1.29, 1.82) is 0 Å². The molecule has 2 aromatic rings. The number of fused-ring (bicyclic) bond motifs is 1. The van der Waals surface area contributed by atoms with E-state index < -0.39 is 5.60 Å². The average molecular weight is 395 g/mol. The van der Waals surface area contributed by atoms with Crippen molar-refractivity contribution in [3.8, 4) is 17.2 Å². The minimum Gasteiger partial charge on any atom is -0.507 e. The van der Waals surface area contributed by atoms with Gasteiger partial charge in [-0.05, 0) is 57.4 Å². The second kappa shape index (κ2) is 8.34. The molecule has 2 aromatic carbocycles. The summed E-state index contributed by atoms with van der Waals surface area (Å²) in [5.41, 5.74) is 4.12. The number of hydrogen-bond acceptors (Lipinski definition) is 4. The van der Waals surface area contributed by atoms with Gasteiger partial charge in [0, 0.05) is 23.6 Å². The summed E-state index contributed by atoms with van der Waals surface area (Å²) in [5, 5.41) is 21.1. The first-order valence-corrected chi connectivity index (χ1v) is 9.91. The van der Waals surface area contributed by atoms with E-state index in [9.17, 15) is 10.2 Å². The topological polar surface area (TPSA) is 58.9 Å². The third kappa shape index (κ3) is 4.83. The van der Waals surface area contributed by atoms with Crippen molar-refractivity contribution in [2.75, 3.05) is 7.11 Å². The van der Waals surface area contributed by atoms with Crippen LogP contribution in [0, 0.1) is 0 Å². The molecule has 1 atom stereocenters. The molecule has 1 unspecified atom stereocenters. The number of aliphatic hydroxyl groups is 1. The van der Waals surface area contributed by atoms with Crippen LogP contribution in [0.1, 0.15) is 49.9 Å². The molecular weight excluding hydrogens is 364 g/mol. The summed E-state index contributed by atoms with van der Waals surface area (Å²) in [6.45, 7) is 7.59. The number of methoxy groups -OCH3 is 1. The normalized spacial score (nSPS) is 15.9. The number of ether oxygens (including phenoxy) is 2. The monoisotopic (exact) mass is 394 g/mol. The standard InChI is InChI=1S/C25H30O4/c1-16(2)6-12-20-19(13-9-17-7-10-18(28-5)11-8-17)21-14-24(25(3,4)27)29-23(21)15-22(20)26/h6-11,13,15,24,26-27H,12,14H2,1-5H3/b13-9-. The Bertz CT molecular complexity index is 927. The molecule has 3 rings (SSSR count). The van der Waals surface area contributed by atoms with Crippen LogP contribution in [0.25, 0.3) is 12.2 Å². The van der Waals surface area contributed by atoms with Crippen LogP contribution in [0.5, 0.6) is 17.2 Å². The molecule has 0 bridgehead atoms. The van der Waals surface area contributed by atoms with Gasteiger partial charge in [0.2, 0.25) is 0 Å². The number of benzene rings is 2. The van der Waals surface area contributed by atoms with Gasteiger partial charge < -0.3 is 19.7 Å². The molecule has 0 aromatic heterocycles. The van der Waals surface area contributed by atoms with E-state index in [1.807, 2.05) is 50.3 Å². The fourth-order valence-corrected chi connectivity index (χ4v) is 3.46. The highest BCUT2D eigenvalue weighted by Crippen LogP contribution is 2.42. The molecule has 29 heavy (non-hydrogen) atoms. The van der Waals surface area contributed by atoms with Crippen LogP contribution in [0.2, 0.25) is 0 Å². The Morgan fingerprint density at radius 2 is 1.90 bits per heavy atom. The van der Waals surface area contributed by atoms with Crippen molar-refractivity contribution in [2.45, 2.75) is 52.2 Å². The van der Waals surface area contributed by atoms with Crippen LogP contribution < -0.4 is 9.47 Å². The van der Waals surface area contributed by atoms with Crippen molar-refractivity contribution in [3.63, 3.8) is 0 Å². The Morgan fingerprint density at radius 3 is 2.48 bits per heavy atom. The van der Waals surface area contributed by atoms with Crippen LogP contribution >= 0.6 is 0 Å². The van der Waals surface area contributed by atoms with E-state index in [4.69, 9.17) is 9.47 Å². The molecule has 0 saturated carbocycles. The lowest BCUT2D eigenvalue weighted by atomic mass is 9.90. The van der Waals surface area contributed by atoms with Gasteiger partial charge in [0.05, 0.1) is 12.7 Å². The van der Waals surface area contributed by atoms with Crippen molar-refractivity contribution >= 4 is 12.2 Å². The van der Waals surface area contributed by atoms with Gasteiger partial charge in [0.15, 0.2) is 0 Å².